The lowest BCUT2D eigenvalue weighted by molar-refractivity contribution is 0.0737. The Labute approximate surface area is 150 Å². The van der Waals surface area contributed by atoms with Crippen LogP contribution < -0.4 is 4.74 Å². The van der Waals surface area contributed by atoms with Crippen LogP contribution in [0.15, 0.2) is 65.4 Å². The fourth-order valence-corrected chi connectivity index (χ4v) is 2.77. The molecule has 6 nitrogen and oxygen atoms in total. The van der Waals surface area contributed by atoms with E-state index in [1.54, 1.807) is 47.5 Å². The molecule has 26 heavy (non-hydrogen) atoms. The molecule has 130 valence electrons. The molecule has 0 aliphatic rings. The maximum Gasteiger partial charge on any atom is 0.344 e. The van der Waals surface area contributed by atoms with E-state index in [0.29, 0.717) is 33.8 Å². The van der Waals surface area contributed by atoms with Gasteiger partial charge in [-0.05, 0) is 44.2 Å². The zero-order valence-corrected chi connectivity index (χ0v) is 14.4. The third-order valence-electron chi connectivity index (χ3n) is 4.00. The second-order valence-electron chi connectivity index (χ2n) is 6.16. The van der Waals surface area contributed by atoms with Crippen LogP contribution in [0.5, 0.6) is 5.75 Å². The maximum atomic E-state index is 12.8. The summed E-state index contributed by atoms with van der Waals surface area (Å²) in [6, 6.07) is 14.3. The number of carbonyl (C=O) groups is 1. The van der Waals surface area contributed by atoms with E-state index < -0.39 is 5.97 Å². The minimum atomic E-state index is -0.459. The molecular weight excluding hydrogens is 330 g/mol. The van der Waals surface area contributed by atoms with Gasteiger partial charge in [-0.3, -0.25) is 0 Å². The molecule has 4 rings (SSSR count). The number of para-hydroxylation sites is 1. The van der Waals surface area contributed by atoms with E-state index in [2.05, 4.69) is 10.1 Å². The minimum Gasteiger partial charge on any atom is -0.463 e. The van der Waals surface area contributed by atoms with Crippen LogP contribution >= 0.6 is 0 Å². The number of rotatable bonds is 4. The first-order chi connectivity index (χ1) is 12.6. The van der Waals surface area contributed by atoms with Crippen molar-refractivity contribution in [2.24, 2.45) is 0 Å². The lowest BCUT2D eigenvalue weighted by Gasteiger charge is -2.09. The SMILES string of the molecule is CC(C)n1ncc2c(C(=O)Oc3ccccc3)cc(-c3ccco3)nc21. The van der Waals surface area contributed by atoms with Gasteiger partial charge in [-0.2, -0.15) is 5.10 Å². The van der Waals surface area contributed by atoms with Gasteiger partial charge in [0.05, 0.1) is 23.4 Å². The van der Waals surface area contributed by atoms with Gasteiger partial charge < -0.3 is 9.15 Å². The van der Waals surface area contributed by atoms with Gasteiger partial charge in [0.1, 0.15) is 11.4 Å². The Morgan fingerprint density at radius 2 is 1.96 bits per heavy atom. The molecular formula is C20H17N3O3. The zero-order valence-electron chi connectivity index (χ0n) is 14.4. The number of hydrogen-bond acceptors (Lipinski definition) is 5. The number of carbonyl (C=O) groups excluding carboxylic acids is 1. The van der Waals surface area contributed by atoms with E-state index in [0.717, 1.165) is 0 Å². The van der Waals surface area contributed by atoms with Crippen LogP contribution in [0, 0.1) is 0 Å². The van der Waals surface area contributed by atoms with Gasteiger partial charge in [0.2, 0.25) is 0 Å². The van der Waals surface area contributed by atoms with Gasteiger partial charge in [-0.1, -0.05) is 18.2 Å². The van der Waals surface area contributed by atoms with E-state index in [4.69, 9.17) is 9.15 Å². The van der Waals surface area contributed by atoms with Crippen molar-refractivity contribution in [3.05, 3.63) is 66.6 Å². The monoisotopic (exact) mass is 347 g/mol. The van der Waals surface area contributed by atoms with Crippen molar-refractivity contribution in [3.63, 3.8) is 0 Å². The van der Waals surface area contributed by atoms with Crippen LogP contribution in [-0.2, 0) is 0 Å². The second-order valence-corrected chi connectivity index (χ2v) is 6.16. The maximum absolute atomic E-state index is 12.8. The number of pyridine rings is 1. The van der Waals surface area contributed by atoms with Crippen molar-refractivity contribution in [2.75, 3.05) is 0 Å². The summed E-state index contributed by atoms with van der Waals surface area (Å²) < 4.78 is 12.7. The van der Waals surface area contributed by atoms with Gasteiger partial charge in [0.15, 0.2) is 11.4 Å². The van der Waals surface area contributed by atoms with E-state index in [1.165, 1.54) is 0 Å². The number of aromatic nitrogens is 3. The molecule has 0 aliphatic carbocycles. The average molecular weight is 347 g/mol. The van der Waals surface area contributed by atoms with Gasteiger partial charge >= 0.3 is 5.97 Å². The molecule has 0 saturated heterocycles. The number of nitrogens with zero attached hydrogens (tertiary/aromatic N) is 3. The van der Waals surface area contributed by atoms with Crippen LogP contribution in [0.2, 0.25) is 0 Å². The minimum absolute atomic E-state index is 0.102. The lowest BCUT2D eigenvalue weighted by Crippen LogP contribution is -2.10. The summed E-state index contributed by atoms with van der Waals surface area (Å²) in [4.78, 5) is 17.5. The summed E-state index contributed by atoms with van der Waals surface area (Å²) in [5.74, 6) is 0.607. The lowest BCUT2D eigenvalue weighted by atomic mass is 10.1. The second kappa shape index (κ2) is 6.48. The highest BCUT2D eigenvalue weighted by molar-refractivity contribution is 6.04. The van der Waals surface area contributed by atoms with E-state index in [9.17, 15) is 4.79 Å². The van der Waals surface area contributed by atoms with E-state index in [-0.39, 0.29) is 6.04 Å². The molecule has 3 aromatic heterocycles. The number of benzene rings is 1. The molecule has 1 aromatic carbocycles. The summed E-state index contributed by atoms with van der Waals surface area (Å²) in [6.45, 7) is 4.02. The fourth-order valence-electron chi connectivity index (χ4n) is 2.77. The number of hydrogen-bond donors (Lipinski definition) is 0. The third kappa shape index (κ3) is 2.86. The van der Waals surface area contributed by atoms with Crippen LogP contribution in [0.4, 0.5) is 0 Å². The van der Waals surface area contributed by atoms with Gasteiger partial charge in [0.25, 0.3) is 0 Å². The quantitative estimate of drug-likeness (QED) is 0.402. The topological polar surface area (TPSA) is 70.2 Å². The number of ether oxygens (including phenoxy) is 1. The summed E-state index contributed by atoms with van der Waals surface area (Å²) in [6.07, 6.45) is 3.22. The summed E-state index contributed by atoms with van der Waals surface area (Å²) >= 11 is 0. The van der Waals surface area contributed by atoms with Crippen LogP contribution in [0.25, 0.3) is 22.5 Å². The Morgan fingerprint density at radius 1 is 1.15 bits per heavy atom. The van der Waals surface area contributed by atoms with Gasteiger partial charge in [-0.25, -0.2) is 14.5 Å². The summed E-state index contributed by atoms with van der Waals surface area (Å²) in [7, 11) is 0. The molecule has 0 radical (unpaired) electrons. The summed E-state index contributed by atoms with van der Waals surface area (Å²) in [5, 5.41) is 5.03. The largest absolute Gasteiger partial charge is 0.463 e. The molecule has 0 N–H and O–H groups in total. The Balaban J connectivity index is 1.85. The Hall–Kier alpha value is -3.41. The van der Waals surface area contributed by atoms with Crippen LogP contribution in [0.3, 0.4) is 0 Å². The molecule has 0 bridgehead atoms. The number of esters is 1. The van der Waals surface area contributed by atoms with Crippen molar-refractivity contribution >= 4 is 17.0 Å². The molecule has 0 spiro atoms. The van der Waals surface area contributed by atoms with Crippen molar-refractivity contribution < 1.29 is 13.9 Å². The van der Waals surface area contributed by atoms with Crippen molar-refractivity contribution in [3.8, 4) is 17.2 Å². The van der Waals surface area contributed by atoms with Crippen LogP contribution in [-0.4, -0.2) is 20.7 Å². The molecule has 4 aromatic rings. The van der Waals surface area contributed by atoms with Gasteiger partial charge in [0, 0.05) is 6.04 Å². The van der Waals surface area contributed by atoms with Crippen molar-refractivity contribution in [1.29, 1.82) is 0 Å². The first-order valence-electron chi connectivity index (χ1n) is 8.33. The highest BCUT2D eigenvalue weighted by Gasteiger charge is 2.20. The predicted molar refractivity (Wildman–Crippen MR) is 97.0 cm³/mol. The van der Waals surface area contributed by atoms with Crippen molar-refractivity contribution in [2.45, 2.75) is 19.9 Å². The van der Waals surface area contributed by atoms with E-state index >= 15 is 0 Å². The first kappa shape index (κ1) is 16.1. The standard InChI is InChI=1S/C20H17N3O3/c1-13(2)23-19-16(12-21-23)15(11-17(22-19)18-9-6-10-25-18)20(24)26-14-7-4-3-5-8-14/h3-13H,1-2H3. The van der Waals surface area contributed by atoms with Gasteiger partial charge in [-0.15, -0.1) is 0 Å². The molecule has 0 saturated carbocycles. The fraction of sp³-hybridized carbons (Fsp3) is 0.150. The average Bonchev–Trinajstić information content (AvgIpc) is 3.31. The molecule has 0 aliphatic heterocycles. The molecule has 0 unspecified atom stereocenters. The smallest absolute Gasteiger partial charge is 0.344 e. The predicted octanol–water partition coefficient (Wildman–Crippen LogP) is 4.49. The van der Waals surface area contributed by atoms with E-state index in [1.807, 2.05) is 32.0 Å². The Bertz CT molecular complexity index is 1050. The highest BCUT2D eigenvalue weighted by Crippen LogP contribution is 2.27. The molecule has 6 heteroatoms. The Morgan fingerprint density at radius 3 is 2.65 bits per heavy atom. The highest BCUT2D eigenvalue weighted by atomic mass is 16.5. The van der Waals surface area contributed by atoms with Crippen molar-refractivity contribution in [1.82, 2.24) is 14.8 Å². The molecule has 3 heterocycles. The first-order valence-corrected chi connectivity index (χ1v) is 8.33. The zero-order chi connectivity index (χ0) is 18.1. The molecule has 0 fully saturated rings. The number of furan rings is 1. The summed E-state index contributed by atoms with van der Waals surface area (Å²) in [5.41, 5.74) is 1.58. The molecule has 0 atom stereocenters. The molecule has 0 amide bonds. The Kier molecular flexibility index (Phi) is 4.01. The number of fused-ring (bicyclic) bond motifs is 1. The van der Waals surface area contributed by atoms with Crippen LogP contribution in [0.1, 0.15) is 30.2 Å². The normalized spacial score (nSPS) is 11.2. The third-order valence-corrected chi connectivity index (χ3v) is 4.00.